The first-order chi connectivity index (χ1) is 7.54. The van der Waals surface area contributed by atoms with Gasteiger partial charge in [0.2, 0.25) is 0 Å². The number of methoxy groups -OCH3 is 1. The Kier molecular flexibility index (Phi) is 4.19. The van der Waals surface area contributed by atoms with E-state index in [2.05, 4.69) is 0 Å². The largest absolute Gasteiger partial charge is 0.475 e. The Morgan fingerprint density at radius 2 is 2.12 bits per heavy atom. The second-order valence-electron chi connectivity index (χ2n) is 3.59. The van der Waals surface area contributed by atoms with Gasteiger partial charge in [0.1, 0.15) is 0 Å². The number of ketones is 1. The molecule has 0 radical (unpaired) electrons. The third-order valence-electron chi connectivity index (χ3n) is 2.31. The smallest absolute Gasteiger partial charge is 0.377 e. The number of carboxylic acid groups (broad SMARTS) is 1. The molecule has 0 heterocycles. The molecule has 1 aromatic carbocycles. The van der Waals surface area contributed by atoms with Crippen LogP contribution in [0.1, 0.15) is 22.8 Å². The van der Waals surface area contributed by atoms with E-state index in [-0.39, 0.29) is 11.7 Å². The predicted octanol–water partition coefficient (Wildman–Crippen LogP) is 1.53. The van der Waals surface area contributed by atoms with Crippen molar-refractivity contribution in [1.82, 2.24) is 0 Å². The maximum atomic E-state index is 11.2. The van der Waals surface area contributed by atoms with Gasteiger partial charge < -0.3 is 9.84 Å². The number of aliphatic carboxylic acids is 1. The highest BCUT2D eigenvalue weighted by atomic mass is 16.5. The minimum Gasteiger partial charge on any atom is -0.475 e. The summed E-state index contributed by atoms with van der Waals surface area (Å²) >= 11 is 0. The predicted molar refractivity (Wildman–Crippen MR) is 58.6 cm³/mol. The zero-order valence-corrected chi connectivity index (χ0v) is 9.27. The lowest BCUT2D eigenvalue weighted by molar-refractivity contribution is -0.131. The van der Waals surface area contributed by atoms with Crippen LogP contribution in [0.5, 0.6) is 0 Å². The maximum Gasteiger partial charge on any atom is 0.377 e. The van der Waals surface area contributed by atoms with E-state index in [9.17, 15) is 9.59 Å². The number of hydrogen-bond donors (Lipinski definition) is 1. The molecule has 0 fully saturated rings. The van der Waals surface area contributed by atoms with E-state index >= 15 is 0 Å². The topological polar surface area (TPSA) is 63.6 Å². The van der Waals surface area contributed by atoms with Gasteiger partial charge in [-0.05, 0) is 25.0 Å². The summed E-state index contributed by atoms with van der Waals surface area (Å²) in [5, 5.41) is 8.58. The van der Waals surface area contributed by atoms with Gasteiger partial charge in [-0.25, -0.2) is 4.79 Å². The molecule has 4 heteroatoms. The monoisotopic (exact) mass is 222 g/mol. The van der Waals surface area contributed by atoms with Crippen molar-refractivity contribution in [2.75, 3.05) is 7.11 Å². The van der Waals surface area contributed by atoms with Crippen molar-refractivity contribution in [2.24, 2.45) is 0 Å². The highest BCUT2D eigenvalue weighted by molar-refractivity contribution is 6.39. The molecule has 0 saturated carbocycles. The van der Waals surface area contributed by atoms with Crippen LogP contribution >= 0.6 is 0 Å². The number of rotatable bonds is 5. The summed E-state index contributed by atoms with van der Waals surface area (Å²) < 4.78 is 5.10. The van der Waals surface area contributed by atoms with Crippen molar-refractivity contribution >= 4 is 11.8 Å². The van der Waals surface area contributed by atoms with Crippen LogP contribution < -0.4 is 0 Å². The van der Waals surface area contributed by atoms with Gasteiger partial charge in [-0.2, -0.15) is 0 Å². The van der Waals surface area contributed by atoms with Crippen LogP contribution in [-0.4, -0.2) is 30.1 Å². The van der Waals surface area contributed by atoms with Gasteiger partial charge in [0.15, 0.2) is 0 Å². The fourth-order valence-electron chi connectivity index (χ4n) is 1.38. The molecule has 86 valence electrons. The normalized spacial score (nSPS) is 12.1. The molecule has 1 aromatic rings. The van der Waals surface area contributed by atoms with Crippen LogP contribution in [0.2, 0.25) is 0 Å². The average molecular weight is 222 g/mol. The number of ether oxygens (including phenoxy) is 1. The molecule has 0 saturated heterocycles. The Hall–Kier alpha value is -1.68. The van der Waals surface area contributed by atoms with Crippen molar-refractivity contribution in [2.45, 2.75) is 19.4 Å². The molecule has 1 N–H and O–H groups in total. The summed E-state index contributed by atoms with van der Waals surface area (Å²) in [5.41, 5.74) is 1.09. The fourth-order valence-corrected chi connectivity index (χ4v) is 1.38. The molecule has 16 heavy (non-hydrogen) atoms. The van der Waals surface area contributed by atoms with Crippen LogP contribution in [0.25, 0.3) is 0 Å². The summed E-state index contributed by atoms with van der Waals surface area (Å²) in [4.78, 5) is 21.7. The second-order valence-corrected chi connectivity index (χ2v) is 3.59. The van der Waals surface area contributed by atoms with Crippen molar-refractivity contribution < 1.29 is 19.4 Å². The molecular weight excluding hydrogens is 208 g/mol. The highest BCUT2D eigenvalue weighted by Gasteiger charge is 2.14. The van der Waals surface area contributed by atoms with Crippen molar-refractivity contribution in [1.29, 1.82) is 0 Å². The number of benzene rings is 1. The van der Waals surface area contributed by atoms with Crippen LogP contribution in [0.4, 0.5) is 0 Å². The van der Waals surface area contributed by atoms with E-state index in [4.69, 9.17) is 9.84 Å². The molecule has 0 aliphatic carbocycles. The van der Waals surface area contributed by atoms with Gasteiger partial charge >= 0.3 is 5.97 Å². The fraction of sp³-hybridized carbons (Fsp3) is 0.333. The average Bonchev–Trinajstić information content (AvgIpc) is 2.28. The Morgan fingerprint density at radius 1 is 1.44 bits per heavy atom. The van der Waals surface area contributed by atoms with Gasteiger partial charge in [-0.1, -0.05) is 18.2 Å². The molecule has 1 atom stereocenters. The maximum absolute atomic E-state index is 11.2. The zero-order valence-electron chi connectivity index (χ0n) is 9.27. The van der Waals surface area contributed by atoms with Crippen LogP contribution in [0, 0.1) is 0 Å². The van der Waals surface area contributed by atoms with E-state index in [1.165, 1.54) is 6.07 Å². The molecule has 0 spiro atoms. The third-order valence-corrected chi connectivity index (χ3v) is 2.31. The molecule has 0 aliphatic rings. The first-order valence-corrected chi connectivity index (χ1v) is 4.94. The van der Waals surface area contributed by atoms with E-state index < -0.39 is 11.8 Å². The van der Waals surface area contributed by atoms with Crippen molar-refractivity contribution in [3.05, 3.63) is 35.4 Å². The zero-order chi connectivity index (χ0) is 12.1. The molecule has 0 aromatic heterocycles. The third kappa shape index (κ3) is 3.17. The van der Waals surface area contributed by atoms with Crippen LogP contribution in [-0.2, 0) is 16.0 Å². The molecular formula is C12H14O4. The minimum absolute atomic E-state index is 0.0372. The van der Waals surface area contributed by atoms with Crippen LogP contribution in [0.15, 0.2) is 24.3 Å². The van der Waals surface area contributed by atoms with Crippen molar-refractivity contribution in [3.63, 3.8) is 0 Å². The molecule has 0 bridgehead atoms. The second kappa shape index (κ2) is 5.42. The first kappa shape index (κ1) is 12.4. The summed E-state index contributed by atoms with van der Waals surface area (Å²) in [6, 6.07) is 6.60. The van der Waals surface area contributed by atoms with E-state index in [0.717, 1.165) is 5.56 Å². The Labute approximate surface area is 93.9 Å². The minimum atomic E-state index is -1.43. The number of hydrogen-bond acceptors (Lipinski definition) is 3. The lowest BCUT2D eigenvalue weighted by Crippen LogP contribution is -2.14. The van der Waals surface area contributed by atoms with E-state index in [1.807, 2.05) is 13.0 Å². The van der Waals surface area contributed by atoms with Gasteiger partial charge in [0, 0.05) is 12.7 Å². The molecule has 1 rings (SSSR count). The number of Topliss-reactive ketones (excluding diaryl/α,β-unsaturated/α-hetero) is 1. The number of carboxylic acids is 1. The molecule has 0 amide bonds. The van der Waals surface area contributed by atoms with Gasteiger partial charge in [0.25, 0.3) is 5.78 Å². The van der Waals surface area contributed by atoms with Gasteiger partial charge in [0.05, 0.1) is 6.10 Å². The van der Waals surface area contributed by atoms with Gasteiger partial charge in [-0.3, -0.25) is 4.79 Å². The summed E-state index contributed by atoms with van der Waals surface area (Å²) in [6.45, 7) is 1.91. The summed E-state index contributed by atoms with van der Waals surface area (Å²) in [5.74, 6) is -2.32. The van der Waals surface area contributed by atoms with E-state index in [1.54, 1.807) is 19.2 Å². The molecule has 0 aliphatic heterocycles. The Balaban J connectivity index is 2.87. The summed E-state index contributed by atoms with van der Waals surface area (Å²) in [6.07, 6.45) is 0.687. The SMILES string of the molecule is COC(C)Cc1cccc(C(=O)C(=O)O)c1. The number of carbonyl (C=O) groups excluding carboxylic acids is 1. The molecule has 1 unspecified atom stereocenters. The van der Waals surface area contributed by atoms with Crippen molar-refractivity contribution in [3.8, 4) is 0 Å². The van der Waals surface area contributed by atoms with Crippen LogP contribution in [0.3, 0.4) is 0 Å². The summed E-state index contributed by atoms with van der Waals surface area (Å²) in [7, 11) is 1.61. The first-order valence-electron chi connectivity index (χ1n) is 4.94. The molecule has 4 nitrogen and oxygen atoms in total. The standard InChI is InChI=1S/C12H14O4/c1-8(16-2)6-9-4-3-5-10(7-9)11(13)12(14)15/h3-5,7-8H,6H2,1-2H3,(H,14,15). The van der Waals surface area contributed by atoms with Gasteiger partial charge in [-0.15, -0.1) is 0 Å². The Morgan fingerprint density at radius 3 is 2.69 bits per heavy atom. The lowest BCUT2D eigenvalue weighted by atomic mass is 10.0. The highest BCUT2D eigenvalue weighted by Crippen LogP contribution is 2.09. The Bertz CT molecular complexity index is 398. The van der Waals surface area contributed by atoms with E-state index in [0.29, 0.717) is 6.42 Å². The lowest BCUT2D eigenvalue weighted by Gasteiger charge is -2.09. The number of carbonyl (C=O) groups is 2. The quantitative estimate of drug-likeness (QED) is 0.606.